The molecule has 4 aromatic rings. The van der Waals surface area contributed by atoms with Gasteiger partial charge in [-0.3, -0.25) is 10.7 Å². The van der Waals surface area contributed by atoms with E-state index in [1.807, 2.05) is 68.5 Å². The van der Waals surface area contributed by atoms with Gasteiger partial charge in [0, 0.05) is 48.0 Å². The van der Waals surface area contributed by atoms with E-state index in [0.717, 1.165) is 54.2 Å². The van der Waals surface area contributed by atoms with Gasteiger partial charge in [-0.15, -0.1) is 0 Å². The van der Waals surface area contributed by atoms with Crippen LogP contribution in [-0.4, -0.2) is 52.9 Å². The van der Waals surface area contributed by atoms with Crippen LogP contribution in [0.15, 0.2) is 65.1 Å². The summed E-state index contributed by atoms with van der Waals surface area (Å²) >= 11 is 0. The number of nitrogens with one attached hydrogen (secondary N) is 4. The molecule has 0 saturated carbocycles. The average Bonchev–Trinajstić information content (AvgIpc) is 3.54. The van der Waals surface area contributed by atoms with E-state index in [1.165, 1.54) is 0 Å². The van der Waals surface area contributed by atoms with Crippen molar-refractivity contribution in [3.63, 3.8) is 0 Å². The minimum atomic E-state index is -0.395. The number of carbonyl (C=O) groups excluding carboxylic acids is 1. The number of carbonyl (C=O) groups is 1. The Morgan fingerprint density at radius 1 is 1.10 bits per heavy atom. The molecule has 1 saturated heterocycles. The zero-order valence-corrected chi connectivity index (χ0v) is 23.6. The Bertz CT molecular complexity index is 1580. The van der Waals surface area contributed by atoms with E-state index in [9.17, 15) is 4.79 Å². The van der Waals surface area contributed by atoms with Gasteiger partial charge < -0.3 is 25.7 Å². The highest BCUT2D eigenvalue weighted by atomic mass is 16.3. The second-order valence-electron chi connectivity index (χ2n) is 10.5. The Hall–Kier alpha value is -4.70. The van der Waals surface area contributed by atoms with Crippen LogP contribution in [0, 0.1) is 31.1 Å². The fraction of sp³-hybridized carbons (Fsp3) is 0.290. The molecule has 1 aliphatic heterocycles. The summed E-state index contributed by atoms with van der Waals surface area (Å²) in [5.41, 5.74) is 9.65. The lowest BCUT2D eigenvalue weighted by Crippen LogP contribution is -2.24. The molecule has 10 nitrogen and oxygen atoms in total. The number of furan rings is 1. The standard InChI is InChI=1S/C31H36N8O2/c1-4-39-17-22(7-11-26-15-23-14-21(29(32)33)8-12-27(23)41-26)24(18-39)16-34-28-13-20(3)35-30(37-28)38-31(40)36-25-9-5-19(2)6-10-25/h5-15,22,24H,4,16-18H2,1-3H3,(H3,32,33)(H3,34,35,36,37,38,40)/b11-7+. The summed E-state index contributed by atoms with van der Waals surface area (Å²) in [6, 6.07) is 16.6. The summed E-state index contributed by atoms with van der Waals surface area (Å²) in [5, 5.41) is 17.6. The van der Waals surface area contributed by atoms with Crippen LogP contribution in [0.1, 0.15) is 29.5 Å². The highest BCUT2D eigenvalue weighted by Crippen LogP contribution is 2.28. The third-order valence-electron chi connectivity index (χ3n) is 7.30. The molecule has 0 radical (unpaired) electrons. The number of likely N-dealkylation sites (tertiary alicyclic amines) is 1. The van der Waals surface area contributed by atoms with Crippen LogP contribution >= 0.6 is 0 Å². The third kappa shape index (κ3) is 7.09. The minimum absolute atomic E-state index is 0.0402. The first-order valence-electron chi connectivity index (χ1n) is 13.8. The van der Waals surface area contributed by atoms with E-state index in [-0.39, 0.29) is 11.8 Å². The second kappa shape index (κ2) is 12.2. The Kier molecular flexibility index (Phi) is 8.30. The molecule has 5 rings (SSSR count). The maximum Gasteiger partial charge on any atom is 0.326 e. The van der Waals surface area contributed by atoms with Gasteiger partial charge in [0.25, 0.3) is 0 Å². The van der Waals surface area contributed by atoms with Gasteiger partial charge in [0.05, 0.1) is 0 Å². The van der Waals surface area contributed by atoms with Crippen molar-refractivity contribution >= 4 is 46.4 Å². The predicted octanol–water partition coefficient (Wildman–Crippen LogP) is 5.46. The van der Waals surface area contributed by atoms with Crippen molar-refractivity contribution in [1.29, 1.82) is 5.41 Å². The number of fused-ring (bicyclic) bond motifs is 1. The van der Waals surface area contributed by atoms with Gasteiger partial charge in [0.15, 0.2) is 0 Å². The highest BCUT2D eigenvalue weighted by Gasteiger charge is 2.30. The number of hydrogen-bond donors (Lipinski definition) is 5. The van der Waals surface area contributed by atoms with E-state index in [2.05, 4.69) is 43.8 Å². The Morgan fingerprint density at radius 2 is 1.90 bits per heavy atom. The van der Waals surface area contributed by atoms with Gasteiger partial charge >= 0.3 is 6.03 Å². The number of aromatic nitrogens is 2. The van der Waals surface area contributed by atoms with E-state index in [4.69, 9.17) is 15.6 Å². The van der Waals surface area contributed by atoms with Crippen molar-refractivity contribution < 1.29 is 9.21 Å². The fourth-order valence-corrected chi connectivity index (χ4v) is 5.06. The van der Waals surface area contributed by atoms with Crippen LogP contribution in [0.2, 0.25) is 0 Å². The van der Waals surface area contributed by atoms with Crippen molar-refractivity contribution in [3.05, 3.63) is 83.3 Å². The lowest BCUT2D eigenvalue weighted by atomic mass is 9.95. The van der Waals surface area contributed by atoms with Crippen LogP contribution < -0.4 is 21.7 Å². The lowest BCUT2D eigenvalue weighted by Gasteiger charge is -2.17. The molecule has 2 aromatic heterocycles. The first-order chi connectivity index (χ1) is 19.7. The Labute approximate surface area is 239 Å². The van der Waals surface area contributed by atoms with Gasteiger partial charge in [-0.2, -0.15) is 4.98 Å². The molecule has 2 aromatic carbocycles. The second-order valence-corrected chi connectivity index (χ2v) is 10.5. The average molecular weight is 553 g/mol. The molecule has 212 valence electrons. The largest absolute Gasteiger partial charge is 0.457 e. The molecule has 0 bridgehead atoms. The van der Waals surface area contributed by atoms with Crippen molar-refractivity contribution in [2.24, 2.45) is 17.6 Å². The van der Waals surface area contributed by atoms with Crippen molar-refractivity contribution in [2.75, 3.05) is 42.1 Å². The summed E-state index contributed by atoms with van der Waals surface area (Å²) in [6.45, 7) is 9.68. The number of urea groups is 1. The quantitative estimate of drug-likeness (QED) is 0.137. The molecule has 6 N–H and O–H groups in total. The molecule has 2 amide bonds. The van der Waals surface area contributed by atoms with Crippen molar-refractivity contribution in [3.8, 4) is 0 Å². The van der Waals surface area contributed by atoms with Crippen LogP contribution in [0.3, 0.4) is 0 Å². The molecule has 1 fully saturated rings. The summed E-state index contributed by atoms with van der Waals surface area (Å²) in [6.07, 6.45) is 4.26. The number of nitrogens with zero attached hydrogens (tertiary/aromatic N) is 3. The molecule has 10 heteroatoms. The summed E-state index contributed by atoms with van der Waals surface area (Å²) in [7, 11) is 0. The normalized spacial score (nSPS) is 17.2. The molecule has 3 heterocycles. The summed E-state index contributed by atoms with van der Waals surface area (Å²) < 4.78 is 6.00. The number of amides is 2. The van der Waals surface area contributed by atoms with Crippen LogP contribution in [-0.2, 0) is 0 Å². The maximum atomic E-state index is 12.5. The monoisotopic (exact) mass is 552 g/mol. The van der Waals surface area contributed by atoms with E-state index in [0.29, 0.717) is 28.9 Å². The highest BCUT2D eigenvalue weighted by molar-refractivity contribution is 5.99. The number of benzene rings is 2. The number of nitrogen functional groups attached to an aromatic ring is 1. The van der Waals surface area contributed by atoms with Gasteiger partial charge in [0.2, 0.25) is 5.95 Å². The van der Waals surface area contributed by atoms with Crippen molar-refractivity contribution in [1.82, 2.24) is 14.9 Å². The summed E-state index contributed by atoms with van der Waals surface area (Å²) in [5.74, 6) is 2.40. The predicted molar refractivity (Wildman–Crippen MR) is 164 cm³/mol. The lowest BCUT2D eigenvalue weighted by molar-refractivity contribution is 0.262. The van der Waals surface area contributed by atoms with Gasteiger partial charge in [0.1, 0.15) is 23.0 Å². The van der Waals surface area contributed by atoms with Gasteiger partial charge in [-0.1, -0.05) is 30.7 Å². The minimum Gasteiger partial charge on any atom is -0.457 e. The number of nitrogens with two attached hydrogens (primary N) is 1. The molecule has 1 aliphatic rings. The van der Waals surface area contributed by atoms with Crippen LogP contribution in [0.5, 0.6) is 0 Å². The molecule has 41 heavy (non-hydrogen) atoms. The van der Waals surface area contributed by atoms with Gasteiger partial charge in [-0.25, -0.2) is 9.78 Å². The molecule has 0 spiro atoms. The number of aryl methyl sites for hydroxylation is 2. The van der Waals surface area contributed by atoms with E-state index in [1.54, 1.807) is 6.07 Å². The Morgan fingerprint density at radius 3 is 2.66 bits per heavy atom. The zero-order valence-electron chi connectivity index (χ0n) is 23.6. The summed E-state index contributed by atoms with van der Waals surface area (Å²) in [4.78, 5) is 23.8. The number of amidine groups is 1. The molecule has 2 atom stereocenters. The number of anilines is 3. The van der Waals surface area contributed by atoms with Crippen LogP contribution in [0.25, 0.3) is 17.0 Å². The molecule has 2 unspecified atom stereocenters. The zero-order chi connectivity index (χ0) is 28.9. The molecular formula is C31H36N8O2. The molecule has 0 aliphatic carbocycles. The first kappa shape index (κ1) is 27.9. The fourth-order valence-electron chi connectivity index (χ4n) is 5.06. The first-order valence-corrected chi connectivity index (χ1v) is 13.8. The van der Waals surface area contributed by atoms with E-state index >= 15 is 0 Å². The Balaban J connectivity index is 1.23. The van der Waals surface area contributed by atoms with Crippen molar-refractivity contribution in [2.45, 2.75) is 20.8 Å². The third-order valence-corrected chi connectivity index (χ3v) is 7.30. The topological polar surface area (TPSA) is 145 Å². The van der Waals surface area contributed by atoms with Gasteiger partial charge in [-0.05, 0) is 74.7 Å². The van der Waals surface area contributed by atoms with E-state index < -0.39 is 6.03 Å². The van der Waals surface area contributed by atoms with Crippen LogP contribution in [0.4, 0.5) is 22.2 Å². The smallest absolute Gasteiger partial charge is 0.326 e. The maximum absolute atomic E-state index is 12.5. The number of rotatable bonds is 9. The number of hydrogen-bond acceptors (Lipinski definition) is 7. The SMILES string of the molecule is CCN1CC(/C=C/c2cc3cc(C(=N)N)ccc3o2)C(CNc2cc(C)nc(NC(=O)Nc3ccc(C)cc3)n2)C1. The molecular weight excluding hydrogens is 516 g/mol.